The summed E-state index contributed by atoms with van der Waals surface area (Å²) in [7, 11) is 0. The van der Waals surface area contributed by atoms with Gasteiger partial charge in [-0.15, -0.1) is 0 Å². The van der Waals surface area contributed by atoms with Crippen LogP contribution in [0.2, 0.25) is 0 Å². The summed E-state index contributed by atoms with van der Waals surface area (Å²) < 4.78 is 5.16. The average molecular weight is 298 g/mol. The molecule has 2 rings (SSSR count). The Balaban J connectivity index is 2.16. The lowest BCUT2D eigenvalue weighted by molar-refractivity contribution is -0.122. The van der Waals surface area contributed by atoms with Crippen LogP contribution >= 0.6 is 0 Å². The molecule has 5 heteroatoms. The van der Waals surface area contributed by atoms with Gasteiger partial charge < -0.3 is 15.1 Å². The summed E-state index contributed by atoms with van der Waals surface area (Å²) in [6, 6.07) is 11.1. The number of rotatable bonds is 5. The Labute approximate surface area is 129 Å². The molecule has 0 saturated carbocycles. The molecule has 22 heavy (non-hydrogen) atoms. The minimum absolute atomic E-state index is 0.202. The van der Waals surface area contributed by atoms with Crippen LogP contribution in [0.5, 0.6) is 0 Å². The van der Waals surface area contributed by atoms with Gasteiger partial charge in [-0.2, -0.15) is 0 Å². The lowest BCUT2D eigenvalue weighted by Gasteiger charge is -2.09. The van der Waals surface area contributed by atoms with E-state index in [1.165, 1.54) is 6.92 Å². The highest BCUT2D eigenvalue weighted by molar-refractivity contribution is 6.00. The van der Waals surface area contributed by atoms with Crippen molar-refractivity contribution in [1.82, 2.24) is 10.6 Å². The number of hydrogen-bond donors (Lipinski definition) is 2. The maximum atomic E-state index is 12.3. The molecular weight excluding hydrogens is 280 g/mol. The zero-order valence-corrected chi connectivity index (χ0v) is 12.6. The van der Waals surface area contributed by atoms with E-state index < -0.39 is 0 Å². The largest absolute Gasteiger partial charge is 0.467 e. The molecule has 0 radical (unpaired) electrons. The number of carbonyl (C=O) groups excluding carboxylic acids is 2. The van der Waals surface area contributed by atoms with Crippen LogP contribution in [-0.2, 0) is 16.1 Å². The molecule has 1 heterocycles. The second-order valence-corrected chi connectivity index (χ2v) is 4.86. The van der Waals surface area contributed by atoms with Crippen molar-refractivity contribution in [3.63, 3.8) is 0 Å². The fraction of sp³-hybridized carbons (Fsp3) is 0.176. The number of amides is 2. The van der Waals surface area contributed by atoms with E-state index >= 15 is 0 Å². The van der Waals surface area contributed by atoms with E-state index in [0.29, 0.717) is 5.76 Å². The van der Waals surface area contributed by atoms with Crippen molar-refractivity contribution in [2.24, 2.45) is 0 Å². The lowest BCUT2D eigenvalue weighted by atomic mass is 10.1. The highest BCUT2D eigenvalue weighted by Gasteiger charge is 2.12. The first-order chi connectivity index (χ1) is 10.6. The van der Waals surface area contributed by atoms with E-state index in [9.17, 15) is 9.59 Å². The van der Waals surface area contributed by atoms with Crippen molar-refractivity contribution in [1.29, 1.82) is 0 Å². The third-order valence-corrected chi connectivity index (χ3v) is 3.05. The molecule has 0 aliphatic carbocycles. The molecular formula is C17H18N2O3. The number of hydrogen-bond acceptors (Lipinski definition) is 3. The standard InChI is InChI=1S/C17H18N2O3/c1-12-6-3-4-7-14(12)10-16(19-13(2)20)17(21)18-11-15-8-5-9-22-15/h3-10H,11H2,1-2H3,(H,18,21)(H,19,20)/b16-10-. The number of furan rings is 1. The normalized spacial score (nSPS) is 11.1. The zero-order valence-electron chi connectivity index (χ0n) is 12.6. The van der Waals surface area contributed by atoms with Crippen LogP contribution in [0.1, 0.15) is 23.8 Å². The van der Waals surface area contributed by atoms with Crippen LogP contribution < -0.4 is 10.6 Å². The minimum atomic E-state index is -0.366. The third-order valence-electron chi connectivity index (χ3n) is 3.05. The van der Waals surface area contributed by atoms with Gasteiger partial charge in [0.25, 0.3) is 5.91 Å². The maximum Gasteiger partial charge on any atom is 0.268 e. The minimum Gasteiger partial charge on any atom is -0.467 e. The van der Waals surface area contributed by atoms with E-state index in [-0.39, 0.29) is 24.1 Å². The Kier molecular flexibility index (Phi) is 5.14. The molecule has 1 aromatic carbocycles. The lowest BCUT2D eigenvalue weighted by Crippen LogP contribution is -2.33. The predicted octanol–water partition coefficient (Wildman–Crippen LogP) is 2.38. The molecule has 0 spiro atoms. The number of nitrogens with one attached hydrogen (secondary N) is 2. The molecule has 0 fully saturated rings. The van der Waals surface area contributed by atoms with Gasteiger partial charge in [-0.05, 0) is 36.3 Å². The molecule has 0 unspecified atom stereocenters. The van der Waals surface area contributed by atoms with Gasteiger partial charge in [-0.1, -0.05) is 24.3 Å². The molecule has 2 aromatic rings. The summed E-state index contributed by atoms with van der Waals surface area (Å²) in [4.78, 5) is 23.6. The van der Waals surface area contributed by atoms with Crippen molar-refractivity contribution in [3.8, 4) is 0 Å². The van der Waals surface area contributed by atoms with Gasteiger partial charge in [0.2, 0.25) is 5.91 Å². The monoisotopic (exact) mass is 298 g/mol. The summed E-state index contributed by atoms with van der Waals surface area (Å²) in [6.45, 7) is 3.57. The predicted molar refractivity (Wildman–Crippen MR) is 83.5 cm³/mol. The molecule has 2 amide bonds. The van der Waals surface area contributed by atoms with Gasteiger partial charge in [-0.3, -0.25) is 9.59 Å². The van der Waals surface area contributed by atoms with Crippen LogP contribution in [0.25, 0.3) is 6.08 Å². The van der Waals surface area contributed by atoms with Crippen molar-refractivity contribution in [3.05, 3.63) is 65.2 Å². The summed E-state index contributed by atoms with van der Waals surface area (Å²) in [5.41, 5.74) is 2.09. The Hall–Kier alpha value is -2.82. The first-order valence-corrected chi connectivity index (χ1v) is 6.92. The molecule has 114 valence electrons. The Morgan fingerprint density at radius 1 is 1.18 bits per heavy atom. The van der Waals surface area contributed by atoms with Crippen molar-refractivity contribution in [2.45, 2.75) is 20.4 Å². The summed E-state index contributed by atoms with van der Waals surface area (Å²) in [5, 5.41) is 5.28. The zero-order chi connectivity index (χ0) is 15.9. The van der Waals surface area contributed by atoms with Crippen LogP contribution in [0.15, 0.2) is 52.8 Å². The molecule has 1 aromatic heterocycles. The van der Waals surface area contributed by atoms with Crippen LogP contribution in [0.4, 0.5) is 0 Å². The van der Waals surface area contributed by atoms with E-state index in [2.05, 4.69) is 10.6 Å². The first kappa shape index (κ1) is 15.6. The van der Waals surface area contributed by atoms with Crippen molar-refractivity contribution >= 4 is 17.9 Å². The molecule has 5 nitrogen and oxygen atoms in total. The molecule has 0 saturated heterocycles. The highest BCUT2D eigenvalue weighted by Crippen LogP contribution is 2.11. The molecule has 0 aliphatic heterocycles. The van der Waals surface area contributed by atoms with Gasteiger partial charge >= 0.3 is 0 Å². The second-order valence-electron chi connectivity index (χ2n) is 4.86. The Bertz CT molecular complexity index is 688. The smallest absolute Gasteiger partial charge is 0.268 e. The van der Waals surface area contributed by atoms with Gasteiger partial charge in [0.15, 0.2) is 0 Å². The van der Waals surface area contributed by atoms with Crippen molar-refractivity contribution in [2.75, 3.05) is 0 Å². The number of aryl methyl sites for hydroxylation is 1. The SMILES string of the molecule is CC(=O)N/C(=C\c1ccccc1C)C(=O)NCc1ccco1. The summed E-state index contributed by atoms with van der Waals surface area (Å²) in [6.07, 6.45) is 3.20. The van der Waals surface area contributed by atoms with E-state index in [1.807, 2.05) is 31.2 Å². The Morgan fingerprint density at radius 2 is 1.95 bits per heavy atom. The van der Waals surface area contributed by atoms with Gasteiger partial charge in [0.1, 0.15) is 11.5 Å². The van der Waals surface area contributed by atoms with Crippen LogP contribution in [-0.4, -0.2) is 11.8 Å². The average Bonchev–Trinajstić information content (AvgIpc) is 2.99. The molecule has 0 atom stereocenters. The van der Waals surface area contributed by atoms with E-state index in [1.54, 1.807) is 24.5 Å². The second kappa shape index (κ2) is 7.26. The van der Waals surface area contributed by atoms with E-state index in [0.717, 1.165) is 11.1 Å². The first-order valence-electron chi connectivity index (χ1n) is 6.92. The van der Waals surface area contributed by atoms with Crippen molar-refractivity contribution < 1.29 is 14.0 Å². The fourth-order valence-electron chi connectivity index (χ4n) is 1.93. The van der Waals surface area contributed by atoms with Crippen LogP contribution in [0, 0.1) is 6.92 Å². The Morgan fingerprint density at radius 3 is 2.59 bits per heavy atom. The summed E-state index contributed by atoms with van der Waals surface area (Å²) >= 11 is 0. The molecule has 0 bridgehead atoms. The molecule has 2 N–H and O–H groups in total. The van der Waals surface area contributed by atoms with Gasteiger partial charge in [0.05, 0.1) is 12.8 Å². The maximum absolute atomic E-state index is 12.3. The van der Waals surface area contributed by atoms with E-state index in [4.69, 9.17) is 4.42 Å². The fourth-order valence-corrected chi connectivity index (χ4v) is 1.93. The topological polar surface area (TPSA) is 71.3 Å². The highest BCUT2D eigenvalue weighted by atomic mass is 16.3. The quantitative estimate of drug-likeness (QED) is 0.833. The summed E-state index contributed by atoms with van der Waals surface area (Å²) in [5.74, 6) is -0.0192. The number of carbonyl (C=O) groups is 2. The van der Waals surface area contributed by atoms with Gasteiger partial charge in [0, 0.05) is 6.92 Å². The van der Waals surface area contributed by atoms with Crippen LogP contribution in [0.3, 0.4) is 0 Å². The van der Waals surface area contributed by atoms with Gasteiger partial charge in [-0.25, -0.2) is 0 Å². The third kappa shape index (κ3) is 4.34. The molecule has 0 aliphatic rings. The number of benzene rings is 1.